The number of aromatic nitrogens is 3. The van der Waals surface area contributed by atoms with Crippen molar-refractivity contribution >= 4 is 9.84 Å². The molecule has 0 atom stereocenters. The molecule has 2 rings (SSSR count). The Kier molecular flexibility index (Phi) is 3.94. The van der Waals surface area contributed by atoms with Crippen LogP contribution in [0.1, 0.15) is 29.7 Å². The molecular weight excluding hydrogens is 274 g/mol. The molecule has 0 N–H and O–H groups in total. The lowest BCUT2D eigenvalue weighted by Crippen LogP contribution is -2.10. The van der Waals surface area contributed by atoms with Crippen LogP contribution in [0.4, 0.5) is 0 Å². The zero-order valence-corrected chi connectivity index (χ0v) is 13.0. The summed E-state index contributed by atoms with van der Waals surface area (Å²) in [5.41, 5.74) is 2.05. The monoisotopic (exact) mass is 293 g/mol. The molecule has 0 amide bonds. The third kappa shape index (κ3) is 2.75. The SMILES string of the molecule is CCc1nnc(CS(=O)(=O)c2ccc(C)c(C)c2)n1C. The molecule has 0 saturated heterocycles. The topological polar surface area (TPSA) is 64.8 Å². The predicted molar refractivity (Wildman–Crippen MR) is 77.2 cm³/mol. The molecule has 0 spiro atoms. The van der Waals surface area contributed by atoms with Crippen molar-refractivity contribution in [3.8, 4) is 0 Å². The normalized spacial score (nSPS) is 11.8. The fourth-order valence-electron chi connectivity index (χ4n) is 1.99. The van der Waals surface area contributed by atoms with Gasteiger partial charge in [0.15, 0.2) is 9.84 Å². The highest BCUT2D eigenvalue weighted by Gasteiger charge is 2.20. The summed E-state index contributed by atoms with van der Waals surface area (Å²) < 4.78 is 26.6. The van der Waals surface area contributed by atoms with Crippen LogP contribution in [0.3, 0.4) is 0 Å². The minimum absolute atomic E-state index is 0.126. The van der Waals surface area contributed by atoms with E-state index in [9.17, 15) is 8.42 Å². The van der Waals surface area contributed by atoms with Gasteiger partial charge in [0.25, 0.3) is 0 Å². The number of sulfone groups is 1. The van der Waals surface area contributed by atoms with Gasteiger partial charge in [0.05, 0.1) is 4.90 Å². The Morgan fingerprint density at radius 1 is 1.10 bits per heavy atom. The number of benzene rings is 1. The maximum Gasteiger partial charge on any atom is 0.185 e. The summed E-state index contributed by atoms with van der Waals surface area (Å²) >= 11 is 0. The van der Waals surface area contributed by atoms with Crippen molar-refractivity contribution in [2.45, 2.75) is 37.8 Å². The lowest BCUT2D eigenvalue weighted by Gasteiger charge is -2.07. The predicted octanol–water partition coefficient (Wildman–Crippen LogP) is 1.97. The van der Waals surface area contributed by atoms with E-state index in [2.05, 4.69) is 10.2 Å². The minimum Gasteiger partial charge on any atom is -0.317 e. The Balaban J connectivity index is 2.35. The van der Waals surface area contributed by atoms with E-state index in [0.29, 0.717) is 10.7 Å². The summed E-state index contributed by atoms with van der Waals surface area (Å²) in [6.45, 7) is 5.83. The Bertz CT molecular complexity index is 733. The van der Waals surface area contributed by atoms with Gasteiger partial charge >= 0.3 is 0 Å². The minimum atomic E-state index is -3.39. The summed E-state index contributed by atoms with van der Waals surface area (Å²) in [6, 6.07) is 5.19. The molecule has 0 fully saturated rings. The summed E-state index contributed by atoms with van der Waals surface area (Å²) in [7, 11) is -1.60. The standard InChI is InChI=1S/C14H19N3O2S/c1-5-13-15-16-14(17(13)4)9-20(18,19)12-7-6-10(2)11(3)8-12/h6-8H,5,9H2,1-4H3. The first-order chi connectivity index (χ1) is 9.35. The first kappa shape index (κ1) is 14.7. The molecule has 1 aromatic carbocycles. The molecule has 0 bridgehead atoms. The smallest absolute Gasteiger partial charge is 0.185 e. The molecule has 0 aliphatic carbocycles. The van der Waals surface area contributed by atoms with Crippen LogP contribution < -0.4 is 0 Å². The van der Waals surface area contributed by atoms with Gasteiger partial charge in [-0.25, -0.2) is 8.42 Å². The van der Waals surface area contributed by atoms with E-state index in [4.69, 9.17) is 0 Å². The Labute approximate surface area is 119 Å². The molecule has 0 radical (unpaired) electrons. The summed E-state index contributed by atoms with van der Waals surface area (Å²) in [5.74, 6) is 1.13. The lowest BCUT2D eigenvalue weighted by molar-refractivity contribution is 0.592. The average molecular weight is 293 g/mol. The fourth-order valence-corrected chi connectivity index (χ4v) is 3.38. The second-order valence-corrected chi connectivity index (χ2v) is 6.94. The van der Waals surface area contributed by atoms with Crippen LogP contribution in [-0.4, -0.2) is 23.2 Å². The van der Waals surface area contributed by atoms with Crippen molar-refractivity contribution < 1.29 is 8.42 Å². The first-order valence-electron chi connectivity index (χ1n) is 6.52. The van der Waals surface area contributed by atoms with Crippen LogP contribution >= 0.6 is 0 Å². The van der Waals surface area contributed by atoms with Crippen LogP contribution in [-0.2, 0) is 29.1 Å². The number of hydrogen-bond acceptors (Lipinski definition) is 4. The zero-order valence-electron chi connectivity index (χ0n) is 12.2. The van der Waals surface area contributed by atoms with Gasteiger partial charge in [-0.3, -0.25) is 0 Å². The highest BCUT2D eigenvalue weighted by molar-refractivity contribution is 7.90. The summed E-state index contributed by atoms with van der Waals surface area (Å²) in [6.07, 6.45) is 0.729. The molecule has 6 heteroatoms. The van der Waals surface area contributed by atoms with Crippen molar-refractivity contribution in [1.29, 1.82) is 0 Å². The number of aryl methyl sites for hydroxylation is 3. The van der Waals surface area contributed by atoms with E-state index in [1.165, 1.54) is 0 Å². The molecule has 1 aromatic heterocycles. The van der Waals surface area contributed by atoms with Gasteiger partial charge in [0, 0.05) is 13.5 Å². The molecule has 5 nitrogen and oxygen atoms in total. The molecule has 0 unspecified atom stereocenters. The number of hydrogen-bond donors (Lipinski definition) is 0. The van der Waals surface area contributed by atoms with Crippen molar-refractivity contribution in [2.24, 2.45) is 7.05 Å². The van der Waals surface area contributed by atoms with Crippen molar-refractivity contribution in [2.75, 3.05) is 0 Å². The number of nitrogens with zero attached hydrogens (tertiary/aromatic N) is 3. The largest absolute Gasteiger partial charge is 0.317 e. The highest BCUT2D eigenvalue weighted by atomic mass is 32.2. The number of rotatable bonds is 4. The van der Waals surface area contributed by atoms with Crippen molar-refractivity contribution in [3.05, 3.63) is 41.0 Å². The summed E-state index contributed by atoms with van der Waals surface area (Å²) in [4.78, 5) is 0.335. The maximum absolute atomic E-state index is 12.4. The Morgan fingerprint density at radius 3 is 2.30 bits per heavy atom. The van der Waals surface area contributed by atoms with Gasteiger partial charge in [0.2, 0.25) is 0 Å². The molecule has 1 heterocycles. The molecule has 0 aliphatic rings. The zero-order chi connectivity index (χ0) is 14.9. The highest BCUT2D eigenvalue weighted by Crippen LogP contribution is 2.19. The maximum atomic E-state index is 12.4. The van der Waals surface area contributed by atoms with Crippen LogP contribution in [0.15, 0.2) is 23.1 Å². The van der Waals surface area contributed by atoms with Gasteiger partial charge in [0.1, 0.15) is 17.4 Å². The fraction of sp³-hybridized carbons (Fsp3) is 0.429. The molecule has 0 saturated carbocycles. The second kappa shape index (κ2) is 5.36. The van der Waals surface area contributed by atoms with Crippen LogP contribution in [0.5, 0.6) is 0 Å². The quantitative estimate of drug-likeness (QED) is 0.864. The van der Waals surface area contributed by atoms with E-state index in [1.54, 1.807) is 23.7 Å². The molecule has 0 aliphatic heterocycles. The third-order valence-corrected chi connectivity index (χ3v) is 5.14. The lowest BCUT2D eigenvalue weighted by atomic mass is 10.1. The van der Waals surface area contributed by atoms with E-state index in [0.717, 1.165) is 23.4 Å². The van der Waals surface area contributed by atoms with Gasteiger partial charge in [-0.2, -0.15) is 0 Å². The van der Waals surface area contributed by atoms with E-state index in [1.807, 2.05) is 26.8 Å². The van der Waals surface area contributed by atoms with Gasteiger partial charge in [-0.1, -0.05) is 13.0 Å². The molecule has 20 heavy (non-hydrogen) atoms. The Morgan fingerprint density at radius 2 is 1.75 bits per heavy atom. The molecular formula is C14H19N3O2S. The Hall–Kier alpha value is -1.69. The van der Waals surface area contributed by atoms with Crippen LogP contribution in [0.2, 0.25) is 0 Å². The molecule has 108 valence electrons. The van der Waals surface area contributed by atoms with E-state index >= 15 is 0 Å². The van der Waals surface area contributed by atoms with Gasteiger partial charge in [-0.15, -0.1) is 10.2 Å². The average Bonchev–Trinajstić information content (AvgIpc) is 2.73. The van der Waals surface area contributed by atoms with Gasteiger partial charge in [-0.05, 0) is 37.1 Å². The van der Waals surface area contributed by atoms with Crippen molar-refractivity contribution in [3.63, 3.8) is 0 Å². The van der Waals surface area contributed by atoms with E-state index < -0.39 is 9.84 Å². The van der Waals surface area contributed by atoms with E-state index in [-0.39, 0.29) is 5.75 Å². The third-order valence-electron chi connectivity index (χ3n) is 3.53. The second-order valence-electron chi connectivity index (χ2n) is 4.95. The van der Waals surface area contributed by atoms with Gasteiger partial charge < -0.3 is 4.57 Å². The van der Waals surface area contributed by atoms with Crippen LogP contribution in [0, 0.1) is 13.8 Å². The first-order valence-corrected chi connectivity index (χ1v) is 8.17. The summed E-state index contributed by atoms with van der Waals surface area (Å²) in [5, 5.41) is 7.96. The molecule has 2 aromatic rings. The van der Waals surface area contributed by atoms with Crippen LogP contribution in [0.25, 0.3) is 0 Å². The van der Waals surface area contributed by atoms with Crippen molar-refractivity contribution in [1.82, 2.24) is 14.8 Å².